The van der Waals surface area contributed by atoms with Crippen LogP contribution in [0.3, 0.4) is 0 Å². The summed E-state index contributed by atoms with van der Waals surface area (Å²) >= 11 is 0. The number of carbonyl (C=O) groups excluding carboxylic acids is 1. The van der Waals surface area contributed by atoms with E-state index in [0.717, 1.165) is 0 Å². The summed E-state index contributed by atoms with van der Waals surface area (Å²) in [4.78, 5) is 13.9. The number of nitrogens with zero attached hydrogens (tertiary/aromatic N) is 3. The van der Waals surface area contributed by atoms with Crippen LogP contribution >= 0.6 is 0 Å². The lowest BCUT2D eigenvalue weighted by Gasteiger charge is -2.33. The fraction of sp³-hybridized carbons (Fsp3) is 0.667. The Labute approximate surface area is 112 Å². The van der Waals surface area contributed by atoms with Crippen LogP contribution in [0.5, 0.6) is 0 Å². The van der Waals surface area contributed by atoms with E-state index in [1.807, 2.05) is 6.92 Å². The van der Waals surface area contributed by atoms with Gasteiger partial charge in [-0.2, -0.15) is 5.10 Å². The molecular weight excluding hydrogens is 248 g/mol. The van der Waals surface area contributed by atoms with E-state index in [9.17, 15) is 4.79 Å². The molecule has 2 amide bonds. The molecule has 1 aromatic heterocycles. The zero-order valence-corrected chi connectivity index (χ0v) is 11.3. The van der Waals surface area contributed by atoms with Crippen molar-refractivity contribution in [2.24, 2.45) is 0 Å². The number of rotatable bonds is 4. The summed E-state index contributed by atoms with van der Waals surface area (Å²) in [5, 5.41) is 7.00. The molecule has 1 aliphatic heterocycles. The number of methoxy groups -OCH3 is 1. The molecular formula is C12H20N4O3. The first-order valence-corrected chi connectivity index (χ1v) is 6.37. The number of anilines is 1. The Morgan fingerprint density at radius 2 is 2.53 bits per heavy atom. The maximum absolute atomic E-state index is 12.1. The van der Waals surface area contributed by atoms with Gasteiger partial charge in [0, 0.05) is 19.9 Å². The van der Waals surface area contributed by atoms with Gasteiger partial charge < -0.3 is 19.7 Å². The Bertz CT molecular complexity index is 421. The molecule has 1 unspecified atom stereocenters. The number of nitrogens with one attached hydrogen (secondary N) is 1. The standard InChI is InChI=1S/C12H20N4O3/c1-10-9-19-6-4-16(10)12(17)14-11-7-13-15(8-11)3-5-18-2/h7-8,10H,3-6,9H2,1-2H3,(H,14,17). The van der Waals surface area contributed by atoms with E-state index < -0.39 is 0 Å². The topological polar surface area (TPSA) is 68.6 Å². The zero-order valence-electron chi connectivity index (χ0n) is 11.3. The predicted octanol–water partition coefficient (Wildman–Crippen LogP) is 0.782. The fourth-order valence-corrected chi connectivity index (χ4v) is 1.96. The van der Waals surface area contributed by atoms with E-state index in [4.69, 9.17) is 9.47 Å². The smallest absolute Gasteiger partial charge is 0.322 e. The summed E-state index contributed by atoms with van der Waals surface area (Å²) in [6.07, 6.45) is 3.43. The van der Waals surface area contributed by atoms with Crippen molar-refractivity contribution >= 4 is 11.7 Å². The molecule has 0 aromatic carbocycles. The van der Waals surface area contributed by atoms with Crippen molar-refractivity contribution in [3.8, 4) is 0 Å². The van der Waals surface area contributed by atoms with Crippen molar-refractivity contribution in [1.29, 1.82) is 0 Å². The van der Waals surface area contributed by atoms with E-state index in [2.05, 4.69) is 10.4 Å². The molecule has 106 valence electrons. The Balaban J connectivity index is 1.89. The Hall–Kier alpha value is -1.60. The summed E-state index contributed by atoms with van der Waals surface area (Å²) in [6, 6.07) is -0.0145. The SMILES string of the molecule is COCCn1cc(NC(=O)N2CCOCC2C)cn1. The molecule has 7 nitrogen and oxygen atoms in total. The third kappa shape index (κ3) is 3.68. The highest BCUT2D eigenvalue weighted by atomic mass is 16.5. The van der Waals surface area contributed by atoms with E-state index in [-0.39, 0.29) is 12.1 Å². The number of hydrogen-bond acceptors (Lipinski definition) is 4. The lowest BCUT2D eigenvalue weighted by molar-refractivity contribution is 0.0222. The molecule has 1 aliphatic rings. The van der Waals surface area contributed by atoms with Crippen molar-refractivity contribution in [3.63, 3.8) is 0 Å². The first kappa shape index (κ1) is 13.8. The molecule has 1 saturated heterocycles. The summed E-state index contributed by atoms with van der Waals surface area (Å²) in [5.41, 5.74) is 0.694. The largest absolute Gasteiger partial charge is 0.383 e. The third-order valence-corrected chi connectivity index (χ3v) is 3.04. The normalized spacial score (nSPS) is 19.5. The highest BCUT2D eigenvalue weighted by molar-refractivity contribution is 5.89. The fourth-order valence-electron chi connectivity index (χ4n) is 1.96. The molecule has 0 aliphatic carbocycles. The third-order valence-electron chi connectivity index (χ3n) is 3.04. The average Bonchev–Trinajstić information content (AvgIpc) is 2.84. The lowest BCUT2D eigenvalue weighted by atomic mass is 10.3. The first-order chi connectivity index (χ1) is 9.20. The first-order valence-electron chi connectivity index (χ1n) is 6.37. The minimum atomic E-state index is -0.109. The van der Waals surface area contributed by atoms with Gasteiger partial charge >= 0.3 is 6.03 Å². The van der Waals surface area contributed by atoms with Crippen molar-refractivity contribution in [2.75, 3.05) is 38.8 Å². The van der Waals surface area contributed by atoms with E-state index in [1.54, 1.807) is 29.1 Å². The van der Waals surface area contributed by atoms with Crippen LogP contribution in [0.1, 0.15) is 6.92 Å². The molecule has 2 rings (SSSR count). The second kappa shape index (κ2) is 6.53. The van der Waals surface area contributed by atoms with Crippen LogP contribution < -0.4 is 5.32 Å². The number of aromatic nitrogens is 2. The van der Waals surface area contributed by atoms with Crippen molar-refractivity contribution in [2.45, 2.75) is 19.5 Å². The van der Waals surface area contributed by atoms with E-state index >= 15 is 0 Å². The zero-order chi connectivity index (χ0) is 13.7. The molecule has 0 radical (unpaired) electrons. The van der Waals surface area contributed by atoms with Crippen LogP contribution in [0.4, 0.5) is 10.5 Å². The Kier molecular flexibility index (Phi) is 4.75. The van der Waals surface area contributed by atoms with E-state index in [1.165, 1.54) is 0 Å². The van der Waals surface area contributed by atoms with Crippen LogP contribution in [-0.2, 0) is 16.0 Å². The number of amides is 2. The molecule has 19 heavy (non-hydrogen) atoms. The van der Waals surface area contributed by atoms with Gasteiger partial charge in [0.05, 0.1) is 44.3 Å². The number of urea groups is 1. The average molecular weight is 268 g/mol. The van der Waals surface area contributed by atoms with Gasteiger partial charge in [0.15, 0.2) is 0 Å². The van der Waals surface area contributed by atoms with Gasteiger partial charge in [-0.05, 0) is 6.92 Å². The number of morpholine rings is 1. The summed E-state index contributed by atoms with van der Waals surface area (Å²) in [7, 11) is 1.64. The van der Waals surface area contributed by atoms with Crippen molar-refractivity contribution in [3.05, 3.63) is 12.4 Å². The number of hydrogen-bond donors (Lipinski definition) is 1. The second-order valence-electron chi connectivity index (χ2n) is 4.53. The molecule has 0 spiro atoms. The van der Waals surface area contributed by atoms with Crippen molar-refractivity contribution < 1.29 is 14.3 Å². The molecule has 1 N–H and O–H groups in total. The van der Waals surface area contributed by atoms with Gasteiger partial charge in [-0.3, -0.25) is 4.68 Å². The molecule has 7 heteroatoms. The Morgan fingerprint density at radius 1 is 1.68 bits per heavy atom. The van der Waals surface area contributed by atoms with Crippen LogP contribution in [0.2, 0.25) is 0 Å². The maximum Gasteiger partial charge on any atom is 0.322 e. The van der Waals surface area contributed by atoms with Gasteiger partial charge in [-0.1, -0.05) is 0 Å². The van der Waals surface area contributed by atoms with Crippen molar-refractivity contribution in [1.82, 2.24) is 14.7 Å². The quantitative estimate of drug-likeness (QED) is 0.876. The monoisotopic (exact) mass is 268 g/mol. The highest BCUT2D eigenvalue weighted by Gasteiger charge is 2.23. The molecule has 1 aromatic rings. The highest BCUT2D eigenvalue weighted by Crippen LogP contribution is 2.11. The van der Waals surface area contributed by atoms with Crippen LogP contribution in [0.15, 0.2) is 12.4 Å². The Morgan fingerprint density at radius 3 is 3.26 bits per heavy atom. The minimum absolute atomic E-state index is 0.0947. The summed E-state index contributed by atoms with van der Waals surface area (Å²) < 4.78 is 12.0. The van der Waals surface area contributed by atoms with Crippen LogP contribution in [-0.4, -0.2) is 60.2 Å². The summed E-state index contributed by atoms with van der Waals surface area (Å²) in [6.45, 7) is 5.02. The maximum atomic E-state index is 12.1. The molecule has 2 heterocycles. The van der Waals surface area contributed by atoms with Gasteiger partial charge in [0.1, 0.15) is 0 Å². The lowest BCUT2D eigenvalue weighted by Crippen LogP contribution is -2.48. The molecule has 0 saturated carbocycles. The van der Waals surface area contributed by atoms with Gasteiger partial charge in [-0.15, -0.1) is 0 Å². The van der Waals surface area contributed by atoms with Crippen LogP contribution in [0.25, 0.3) is 0 Å². The van der Waals surface area contributed by atoms with Gasteiger partial charge in [0.2, 0.25) is 0 Å². The second-order valence-corrected chi connectivity index (χ2v) is 4.53. The molecule has 1 atom stereocenters. The number of ether oxygens (including phenoxy) is 2. The summed E-state index contributed by atoms with van der Waals surface area (Å²) in [5.74, 6) is 0. The molecule has 1 fully saturated rings. The van der Waals surface area contributed by atoms with Gasteiger partial charge in [0.25, 0.3) is 0 Å². The van der Waals surface area contributed by atoms with Crippen LogP contribution in [0, 0.1) is 0 Å². The number of carbonyl (C=O) groups is 1. The van der Waals surface area contributed by atoms with Gasteiger partial charge in [-0.25, -0.2) is 4.79 Å². The van der Waals surface area contributed by atoms with E-state index in [0.29, 0.717) is 38.6 Å². The minimum Gasteiger partial charge on any atom is -0.383 e. The predicted molar refractivity (Wildman–Crippen MR) is 70.1 cm³/mol. The molecule has 0 bridgehead atoms.